The Morgan fingerprint density at radius 3 is 2.39 bits per heavy atom. The fourth-order valence-electron chi connectivity index (χ4n) is 3.03. The minimum Gasteiger partial charge on any atom is -0.467 e. The van der Waals surface area contributed by atoms with Gasteiger partial charge in [0.25, 0.3) is 5.91 Å². The van der Waals surface area contributed by atoms with Gasteiger partial charge in [-0.2, -0.15) is 5.10 Å². The molecule has 0 unspecified atom stereocenters. The van der Waals surface area contributed by atoms with Crippen LogP contribution >= 0.6 is 11.8 Å². The third kappa shape index (κ3) is 5.49. The van der Waals surface area contributed by atoms with Crippen LogP contribution < -0.4 is 0 Å². The van der Waals surface area contributed by atoms with Crippen molar-refractivity contribution < 1.29 is 9.21 Å². The Morgan fingerprint density at radius 1 is 1.00 bits per heavy atom. The van der Waals surface area contributed by atoms with Crippen LogP contribution in [-0.2, 0) is 11.3 Å². The summed E-state index contributed by atoms with van der Waals surface area (Å²) < 4.78 is 5.43. The van der Waals surface area contributed by atoms with E-state index in [1.54, 1.807) is 23.4 Å². The topological polar surface area (TPSA) is 58.2 Å². The number of carbonyl (C=O) groups excluding carboxylic acids is 1. The molecule has 1 fully saturated rings. The minimum absolute atomic E-state index is 0.115. The van der Waals surface area contributed by atoms with E-state index in [-0.39, 0.29) is 5.91 Å². The first-order valence-electron chi connectivity index (χ1n) is 9.82. The third-order valence-corrected chi connectivity index (χ3v) is 5.48. The van der Waals surface area contributed by atoms with E-state index in [9.17, 15) is 4.79 Å². The van der Waals surface area contributed by atoms with Crippen molar-refractivity contribution >= 4 is 35.1 Å². The van der Waals surface area contributed by atoms with Crippen LogP contribution in [0.15, 0.2) is 110 Å². The number of carbonyl (C=O) groups is 1. The van der Waals surface area contributed by atoms with Crippen LogP contribution in [0.5, 0.6) is 0 Å². The largest absolute Gasteiger partial charge is 0.467 e. The number of rotatable bonds is 6. The summed E-state index contributed by atoms with van der Waals surface area (Å²) in [7, 11) is 0. The summed E-state index contributed by atoms with van der Waals surface area (Å²) in [5.41, 5.74) is 3.01. The lowest BCUT2D eigenvalue weighted by molar-refractivity contribution is -0.122. The van der Waals surface area contributed by atoms with Crippen LogP contribution in [-0.4, -0.2) is 22.2 Å². The maximum atomic E-state index is 13.1. The molecule has 0 atom stereocenters. The predicted octanol–water partition coefficient (Wildman–Crippen LogP) is 5.73. The molecule has 0 aliphatic carbocycles. The molecule has 4 rings (SSSR count). The quantitative estimate of drug-likeness (QED) is 0.287. The van der Waals surface area contributed by atoms with Gasteiger partial charge in [-0.05, 0) is 53.6 Å². The summed E-state index contributed by atoms with van der Waals surface area (Å²) in [6, 6.07) is 23.4. The molecule has 31 heavy (non-hydrogen) atoms. The zero-order chi connectivity index (χ0) is 21.5. The average molecular weight is 428 g/mol. The van der Waals surface area contributed by atoms with Gasteiger partial charge in [-0.25, -0.2) is 0 Å². The monoisotopic (exact) mass is 427 g/mol. The number of hydrogen-bond donors (Lipinski definition) is 0. The maximum absolute atomic E-state index is 13.1. The average Bonchev–Trinajstić information content (AvgIpc) is 3.40. The molecular formula is C25H21N3O2S. The Hall–Kier alpha value is -3.64. The Morgan fingerprint density at radius 2 is 1.71 bits per heavy atom. The summed E-state index contributed by atoms with van der Waals surface area (Å²) in [5, 5.41) is 9.04. The van der Waals surface area contributed by atoms with Gasteiger partial charge in [0.05, 0.1) is 23.9 Å². The first-order valence-corrected chi connectivity index (χ1v) is 10.6. The molecule has 0 bridgehead atoms. The van der Waals surface area contributed by atoms with Crippen LogP contribution in [0.25, 0.3) is 6.08 Å². The number of amides is 1. The van der Waals surface area contributed by atoms with Gasteiger partial charge in [0.2, 0.25) is 0 Å². The Balaban J connectivity index is 1.59. The van der Waals surface area contributed by atoms with E-state index in [4.69, 9.17) is 4.42 Å². The van der Waals surface area contributed by atoms with Gasteiger partial charge in [0.1, 0.15) is 5.76 Å². The number of amidine groups is 1. The second-order valence-electron chi connectivity index (χ2n) is 6.92. The lowest BCUT2D eigenvalue weighted by Gasteiger charge is -2.12. The minimum atomic E-state index is -0.115. The SMILES string of the molecule is CC(/C=C1\S/C(=N/N=C\c2ccccc2)N(Cc2ccco2)C1=O)=C\c1ccccc1. The zero-order valence-electron chi connectivity index (χ0n) is 17.0. The van der Waals surface area contributed by atoms with Gasteiger partial charge < -0.3 is 4.42 Å². The summed E-state index contributed by atoms with van der Waals surface area (Å²) in [5.74, 6) is 0.572. The van der Waals surface area contributed by atoms with Gasteiger partial charge in [-0.3, -0.25) is 9.69 Å². The smallest absolute Gasteiger partial charge is 0.267 e. The molecule has 1 aromatic heterocycles. The van der Waals surface area contributed by atoms with Crippen molar-refractivity contribution in [2.45, 2.75) is 13.5 Å². The van der Waals surface area contributed by atoms with Gasteiger partial charge in [0, 0.05) is 0 Å². The van der Waals surface area contributed by atoms with E-state index in [2.05, 4.69) is 10.2 Å². The molecular weight excluding hydrogens is 406 g/mol. The van der Waals surface area contributed by atoms with Gasteiger partial charge >= 0.3 is 0 Å². The molecule has 1 amide bonds. The molecule has 2 aromatic carbocycles. The Kier molecular flexibility index (Phi) is 6.59. The van der Waals surface area contributed by atoms with Crippen LogP contribution in [0.3, 0.4) is 0 Å². The van der Waals surface area contributed by atoms with Crippen molar-refractivity contribution in [3.8, 4) is 0 Å². The van der Waals surface area contributed by atoms with Crippen molar-refractivity contribution in [1.29, 1.82) is 0 Å². The normalized spacial score (nSPS) is 17.4. The highest BCUT2D eigenvalue weighted by Crippen LogP contribution is 2.33. The van der Waals surface area contributed by atoms with Crippen molar-refractivity contribution in [1.82, 2.24) is 4.90 Å². The van der Waals surface area contributed by atoms with Crippen LogP contribution in [0.4, 0.5) is 0 Å². The number of benzene rings is 2. The van der Waals surface area contributed by atoms with Gasteiger partial charge in [-0.1, -0.05) is 66.7 Å². The van der Waals surface area contributed by atoms with E-state index in [1.165, 1.54) is 11.8 Å². The van der Waals surface area contributed by atoms with E-state index < -0.39 is 0 Å². The fraction of sp³-hybridized carbons (Fsp3) is 0.0800. The first-order chi connectivity index (χ1) is 15.2. The second-order valence-corrected chi connectivity index (χ2v) is 7.93. The van der Waals surface area contributed by atoms with Crippen molar-refractivity contribution in [2.24, 2.45) is 10.2 Å². The highest BCUT2D eigenvalue weighted by Gasteiger charge is 2.34. The van der Waals surface area contributed by atoms with Crippen molar-refractivity contribution in [3.05, 3.63) is 113 Å². The Labute approximate surface area is 185 Å². The first kappa shape index (κ1) is 20.6. The number of furan rings is 1. The van der Waals surface area contributed by atoms with Crippen LogP contribution in [0.1, 0.15) is 23.8 Å². The van der Waals surface area contributed by atoms with E-state index in [0.29, 0.717) is 22.4 Å². The molecule has 0 spiro atoms. The van der Waals surface area contributed by atoms with Crippen molar-refractivity contribution in [2.75, 3.05) is 0 Å². The van der Waals surface area contributed by atoms with E-state index in [1.807, 2.05) is 85.8 Å². The fourth-order valence-corrected chi connectivity index (χ4v) is 4.01. The van der Waals surface area contributed by atoms with Crippen LogP contribution in [0.2, 0.25) is 0 Å². The van der Waals surface area contributed by atoms with Gasteiger partial charge in [-0.15, -0.1) is 5.10 Å². The molecule has 154 valence electrons. The predicted molar refractivity (Wildman–Crippen MR) is 126 cm³/mol. The lowest BCUT2D eigenvalue weighted by Crippen LogP contribution is -2.28. The lowest BCUT2D eigenvalue weighted by atomic mass is 10.1. The number of thioether (sulfide) groups is 1. The number of hydrogen-bond acceptors (Lipinski definition) is 5. The third-order valence-electron chi connectivity index (χ3n) is 4.48. The highest BCUT2D eigenvalue weighted by atomic mass is 32.2. The molecule has 0 radical (unpaired) electrons. The van der Waals surface area contributed by atoms with Crippen molar-refractivity contribution in [3.63, 3.8) is 0 Å². The molecule has 6 heteroatoms. The molecule has 1 saturated heterocycles. The molecule has 0 saturated carbocycles. The zero-order valence-corrected chi connectivity index (χ0v) is 17.8. The second kappa shape index (κ2) is 9.91. The summed E-state index contributed by atoms with van der Waals surface area (Å²) in [6.07, 6.45) is 7.20. The summed E-state index contributed by atoms with van der Waals surface area (Å²) in [6.45, 7) is 2.28. The van der Waals surface area contributed by atoms with Gasteiger partial charge in [0.15, 0.2) is 5.17 Å². The molecule has 3 aromatic rings. The molecule has 1 aliphatic rings. The van der Waals surface area contributed by atoms with Crippen LogP contribution in [0, 0.1) is 0 Å². The molecule has 0 N–H and O–H groups in total. The summed E-state index contributed by atoms with van der Waals surface area (Å²) in [4.78, 5) is 15.3. The Bertz CT molecular complexity index is 1150. The number of nitrogens with zero attached hydrogens (tertiary/aromatic N) is 3. The molecule has 5 nitrogen and oxygen atoms in total. The van der Waals surface area contributed by atoms with E-state index >= 15 is 0 Å². The molecule has 2 heterocycles. The molecule has 1 aliphatic heterocycles. The number of allylic oxidation sites excluding steroid dienone is 2. The maximum Gasteiger partial charge on any atom is 0.267 e. The highest BCUT2D eigenvalue weighted by molar-refractivity contribution is 8.18. The standard InChI is InChI=1S/C25H21N3O2S/c1-19(15-20-9-4-2-5-10-20)16-23-24(29)28(18-22-13-8-14-30-22)25(31-23)27-26-17-21-11-6-3-7-12-21/h2-17H,18H2,1H3/b19-15+,23-16-,26-17-,27-25+. The summed E-state index contributed by atoms with van der Waals surface area (Å²) >= 11 is 1.31. The van der Waals surface area contributed by atoms with E-state index in [0.717, 1.165) is 16.7 Å².